The number of anilines is 1. The number of aromatic hydroxyl groups is 1. The summed E-state index contributed by atoms with van der Waals surface area (Å²) < 4.78 is 0. The van der Waals surface area contributed by atoms with E-state index in [2.05, 4.69) is 10.6 Å². The third kappa shape index (κ3) is 5.16. The molecule has 0 atom stereocenters. The van der Waals surface area contributed by atoms with Crippen LogP contribution in [0.15, 0.2) is 36.4 Å². The second-order valence-electron chi connectivity index (χ2n) is 7.10. The first-order valence-electron chi connectivity index (χ1n) is 9.25. The lowest BCUT2D eigenvalue weighted by molar-refractivity contribution is 0.0950. The molecule has 1 amide bonds. The van der Waals surface area contributed by atoms with Crippen LogP contribution in [0.3, 0.4) is 0 Å². The van der Waals surface area contributed by atoms with Crippen LogP contribution in [0.5, 0.6) is 5.75 Å². The SMILES string of the molecule is Cc1cc(C(=O)NCc2cc(C(=N)N)ccc2O)ccc1NC1CCCC1.Cl. The van der Waals surface area contributed by atoms with Gasteiger partial charge in [0.25, 0.3) is 5.91 Å². The topological polar surface area (TPSA) is 111 Å². The highest BCUT2D eigenvalue weighted by atomic mass is 35.5. The molecule has 2 aromatic carbocycles. The van der Waals surface area contributed by atoms with Crippen LogP contribution in [0.25, 0.3) is 0 Å². The fourth-order valence-corrected chi connectivity index (χ4v) is 3.43. The van der Waals surface area contributed by atoms with Crippen molar-refractivity contribution < 1.29 is 9.90 Å². The summed E-state index contributed by atoms with van der Waals surface area (Å²) in [6.45, 7) is 2.16. The number of nitrogens with one attached hydrogen (secondary N) is 3. The van der Waals surface area contributed by atoms with Crippen molar-refractivity contribution in [3.63, 3.8) is 0 Å². The fourth-order valence-electron chi connectivity index (χ4n) is 3.43. The Kier molecular flexibility index (Phi) is 7.29. The van der Waals surface area contributed by atoms with E-state index in [1.807, 2.05) is 25.1 Å². The van der Waals surface area contributed by atoms with Crippen molar-refractivity contribution in [2.75, 3.05) is 5.32 Å². The van der Waals surface area contributed by atoms with Gasteiger partial charge in [-0.05, 0) is 61.7 Å². The van der Waals surface area contributed by atoms with Crippen molar-refractivity contribution in [3.8, 4) is 5.75 Å². The van der Waals surface area contributed by atoms with Gasteiger partial charge in [0, 0.05) is 35.0 Å². The largest absolute Gasteiger partial charge is 0.508 e. The number of amides is 1. The molecule has 0 aliphatic heterocycles. The molecule has 0 saturated heterocycles. The third-order valence-electron chi connectivity index (χ3n) is 5.03. The zero-order valence-corrected chi connectivity index (χ0v) is 16.7. The number of aryl methyl sites for hydroxylation is 1. The Hall–Kier alpha value is -2.73. The van der Waals surface area contributed by atoms with Gasteiger partial charge in [0.2, 0.25) is 0 Å². The van der Waals surface area contributed by atoms with E-state index in [9.17, 15) is 9.90 Å². The number of benzene rings is 2. The molecule has 0 radical (unpaired) electrons. The van der Waals surface area contributed by atoms with Gasteiger partial charge in [-0.15, -0.1) is 12.4 Å². The highest BCUT2D eigenvalue weighted by molar-refractivity contribution is 5.96. The summed E-state index contributed by atoms with van der Waals surface area (Å²) >= 11 is 0. The standard InChI is InChI=1S/C21H26N4O2.ClH/c1-13-10-15(6-8-18(13)25-17-4-2-3-5-17)21(27)24-12-16-11-14(20(22)23)7-9-19(16)26;/h6-11,17,25-26H,2-5,12H2,1H3,(H3,22,23)(H,24,27);1H. The van der Waals surface area contributed by atoms with Crippen molar-refractivity contribution in [2.45, 2.75) is 45.2 Å². The predicted molar refractivity (Wildman–Crippen MR) is 115 cm³/mol. The van der Waals surface area contributed by atoms with Crippen LogP contribution < -0.4 is 16.4 Å². The lowest BCUT2D eigenvalue weighted by Gasteiger charge is -2.16. The van der Waals surface area contributed by atoms with Gasteiger partial charge in [0.05, 0.1) is 0 Å². The maximum atomic E-state index is 12.5. The van der Waals surface area contributed by atoms with Gasteiger partial charge in [0.15, 0.2) is 0 Å². The Labute approximate surface area is 171 Å². The van der Waals surface area contributed by atoms with Gasteiger partial charge >= 0.3 is 0 Å². The molecule has 0 bridgehead atoms. The van der Waals surface area contributed by atoms with Crippen LogP contribution in [0.1, 0.15) is 52.7 Å². The van der Waals surface area contributed by atoms with E-state index in [-0.39, 0.29) is 36.4 Å². The highest BCUT2D eigenvalue weighted by Crippen LogP contribution is 2.25. The Balaban J connectivity index is 0.00000280. The monoisotopic (exact) mass is 402 g/mol. The summed E-state index contributed by atoms with van der Waals surface area (Å²) in [5, 5.41) is 23.8. The Morgan fingerprint density at radius 1 is 1.18 bits per heavy atom. The summed E-state index contributed by atoms with van der Waals surface area (Å²) in [7, 11) is 0. The van der Waals surface area contributed by atoms with Crippen LogP contribution in [-0.2, 0) is 6.54 Å². The first-order valence-corrected chi connectivity index (χ1v) is 9.25. The van der Waals surface area contributed by atoms with Crippen molar-refractivity contribution in [2.24, 2.45) is 5.73 Å². The van der Waals surface area contributed by atoms with Gasteiger partial charge in [-0.3, -0.25) is 10.2 Å². The van der Waals surface area contributed by atoms with E-state index in [0.717, 1.165) is 11.3 Å². The number of carbonyl (C=O) groups excluding carboxylic acids is 1. The van der Waals surface area contributed by atoms with Crippen LogP contribution >= 0.6 is 12.4 Å². The number of phenols is 1. The number of nitrogen functional groups attached to an aromatic ring is 1. The smallest absolute Gasteiger partial charge is 0.251 e. The average molecular weight is 403 g/mol. The number of carbonyl (C=O) groups is 1. The Morgan fingerprint density at radius 2 is 1.86 bits per heavy atom. The molecule has 150 valence electrons. The van der Waals surface area contributed by atoms with E-state index >= 15 is 0 Å². The van der Waals surface area contributed by atoms with Gasteiger partial charge in [0.1, 0.15) is 11.6 Å². The summed E-state index contributed by atoms with van der Waals surface area (Å²) in [5.74, 6) is -0.228. The van der Waals surface area contributed by atoms with Crippen molar-refractivity contribution in [1.29, 1.82) is 5.41 Å². The Morgan fingerprint density at radius 3 is 2.50 bits per heavy atom. The lowest BCUT2D eigenvalue weighted by atomic mass is 10.1. The number of hydrogen-bond acceptors (Lipinski definition) is 4. The van der Waals surface area contributed by atoms with Gasteiger partial charge in [-0.25, -0.2) is 0 Å². The summed E-state index contributed by atoms with van der Waals surface area (Å²) in [4.78, 5) is 12.5. The number of hydrogen-bond donors (Lipinski definition) is 5. The van der Waals surface area contributed by atoms with Crippen LogP contribution in [0.4, 0.5) is 5.69 Å². The minimum absolute atomic E-state index is 0. The predicted octanol–water partition coefficient (Wildman–Crippen LogP) is 3.69. The van der Waals surface area contributed by atoms with Crippen molar-refractivity contribution in [3.05, 3.63) is 58.7 Å². The zero-order valence-electron chi connectivity index (χ0n) is 15.9. The van der Waals surface area contributed by atoms with E-state index in [4.69, 9.17) is 11.1 Å². The molecular weight excluding hydrogens is 376 g/mol. The highest BCUT2D eigenvalue weighted by Gasteiger charge is 2.16. The number of rotatable bonds is 6. The normalized spacial score (nSPS) is 13.6. The molecule has 3 rings (SSSR count). The molecule has 28 heavy (non-hydrogen) atoms. The first kappa shape index (κ1) is 21.6. The second-order valence-corrected chi connectivity index (χ2v) is 7.10. The maximum absolute atomic E-state index is 12.5. The maximum Gasteiger partial charge on any atom is 0.251 e. The number of amidine groups is 1. The number of phenolic OH excluding ortho intramolecular Hbond substituents is 1. The molecule has 1 aliphatic rings. The van der Waals surface area contributed by atoms with Crippen molar-refractivity contribution in [1.82, 2.24) is 5.32 Å². The van der Waals surface area contributed by atoms with E-state index in [1.165, 1.54) is 31.7 Å². The Bertz CT molecular complexity index is 863. The molecular formula is C21H27ClN4O2. The lowest BCUT2D eigenvalue weighted by Crippen LogP contribution is -2.23. The first-order chi connectivity index (χ1) is 12.9. The second kappa shape index (κ2) is 9.46. The molecule has 6 nitrogen and oxygen atoms in total. The fraction of sp³-hybridized carbons (Fsp3) is 0.333. The summed E-state index contributed by atoms with van der Waals surface area (Å²) in [6.07, 6.45) is 4.94. The summed E-state index contributed by atoms with van der Waals surface area (Å²) in [5.41, 5.74) is 9.20. The van der Waals surface area contributed by atoms with Crippen LogP contribution in [0.2, 0.25) is 0 Å². The van der Waals surface area contributed by atoms with Gasteiger partial charge in [-0.1, -0.05) is 12.8 Å². The molecule has 2 aromatic rings. The number of halogens is 1. The molecule has 6 N–H and O–H groups in total. The molecule has 7 heteroatoms. The van der Waals surface area contributed by atoms with Crippen molar-refractivity contribution >= 4 is 29.8 Å². The molecule has 0 spiro atoms. The minimum atomic E-state index is -0.210. The number of nitrogens with two attached hydrogens (primary N) is 1. The molecule has 1 saturated carbocycles. The zero-order chi connectivity index (χ0) is 19.4. The van der Waals surface area contributed by atoms with Gasteiger partial charge in [-0.2, -0.15) is 0 Å². The molecule has 1 fully saturated rings. The van der Waals surface area contributed by atoms with Crippen LogP contribution in [0, 0.1) is 12.3 Å². The van der Waals surface area contributed by atoms with Crippen LogP contribution in [-0.4, -0.2) is 22.9 Å². The minimum Gasteiger partial charge on any atom is -0.508 e. The molecule has 1 aliphatic carbocycles. The van der Waals surface area contributed by atoms with E-state index in [0.29, 0.717) is 22.7 Å². The molecule has 0 heterocycles. The molecule has 0 aromatic heterocycles. The molecule has 0 unspecified atom stereocenters. The third-order valence-corrected chi connectivity index (χ3v) is 5.03. The van der Waals surface area contributed by atoms with Gasteiger partial charge < -0.3 is 21.5 Å². The average Bonchev–Trinajstić information content (AvgIpc) is 3.15. The van der Waals surface area contributed by atoms with E-state index in [1.54, 1.807) is 12.1 Å². The summed E-state index contributed by atoms with van der Waals surface area (Å²) in [6, 6.07) is 10.8. The van der Waals surface area contributed by atoms with E-state index < -0.39 is 0 Å². The quantitative estimate of drug-likeness (QED) is 0.374.